The highest BCUT2D eigenvalue weighted by Gasteiger charge is 2.24. The average Bonchev–Trinajstić information content (AvgIpc) is 3.22. The van der Waals surface area contributed by atoms with E-state index in [1.165, 1.54) is 6.92 Å². The fraction of sp³-hybridized carbons (Fsp3) is 0.105. The lowest BCUT2D eigenvalue weighted by molar-refractivity contribution is -0.129. The van der Waals surface area contributed by atoms with Crippen LogP contribution in [0.1, 0.15) is 18.1 Å². The number of fused-ring (bicyclic) bond motifs is 1. The Balaban J connectivity index is 1.58. The number of anilines is 1. The number of rotatable bonds is 3. The van der Waals surface area contributed by atoms with E-state index < -0.39 is 5.97 Å². The molecule has 0 bridgehead atoms. The van der Waals surface area contributed by atoms with Crippen LogP contribution in [0.4, 0.5) is 5.69 Å². The summed E-state index contributed by atoms with van der Waals surface area (Å²) in [4.78, 5) is 27.4. The first-order valence-electron chi connectivity index (χ1n) is 7.89. The minimum atomic E-state index is -0.524. The molecule has 130 valence electrons. The molecule has 2 aliphatic heterocycles. The number of esters is 1. The van der Waals surface area contributed by atoms with Crippen LogP contribution < -0.4 is 14.8 Å². The maximum Gasteiger partial charge on any atom is 0.363 e. The standard InChI is InChI=1S/C19H14N2O5/c1-11(22)20-14-5-3-13(4-6-14)18-21-15(19(23)26-18)8-12-2-7-16-17(9-12)25-10-24-16/h2-9H,10H2,1H3,(H,20,22). The number of nitrogens with zero attached hydrogens (tertiary/aromatic N) is 1. The Morgan fingerprint density at radius 2 is 1.88 bits per heavy atom. The summed E-state index contributed by atoms with van der Waals surface area (Å²) < 4.78 is 15.8. The Morgan fingerprint density at radius 1 is 1.12 bits per heavy atom. The molecule has 0 aliphatic carbocycles. The summed E-state index contributed by atoms with van der Waals surface area (Å²) in [5.74, 6) is 0.837. The van der Waals surface area contributed by atoms with Crippen LogP contribution in [0.15, 0.2) is 53.2 Å². The quantitative estimate of drug-likeness (QED) is 0.679. The molecule has 7 heteroatoms. The van der Waals surface area contributed by atoms with Gasteiger partial charge in [0, 0.05) is 18.2 Å². The minimum absolute atomic E-state index is 0.156. The van der Waals surface area contributed by atoms with Gasteiger partial charge in [-0.05, 0) is 48.0 Å². The van der Waals surface area contributed by atoms with E-state index in [0.29, 0.717) is 22.7 Å². The van der Waals surface area contributed by atoms with Gasteiger partial charge in [0.1, 0.15) is 0 Å². The number of ether oxygens (including phenoxy) is 3. The second-order valence-electron chi connectivity index (χ2n) is 5.71. The van der Waals surface area contributed by atoms with Gasteiger partial charge in [0.25, 0.3) is 0 Å². The molecule has 0 unspecified atom stereocenters. The van der Waals surface area contributed by atoms with Crippen molar-refractivity contribution in [3.63, 3.8) is 0 Å². The Hall–Kier alpha value is -3.61. The molecule has 2 heterocycles. The predicted octanol–water partition coefficient (Wildman–Crippen LogP) is 2.72. The SMILES string of the molecule is CC(=O)Nc1ccc(C2=NC(=Cc3ccc4c(c3)OCO4)C(=O)O2)cc1. The van der Waals surface area contributed by atoms with Gasteiger partial charge in [-0.25, -0.2) is 9.79 Å². The van der Waals surface area contributed by atoms with Crippen LogP contribution in [-0.4, -0.2) is 24.6 Å². The monoisotopic (exact) mass is 350 g/mol. The molecule has 2 aliphatic rings. The first-order chi connectivity index (χ1) is 12.6. The topological polar surface area (TPSA) is 86.2 Å². The van der Waals surface area contributed by atoms with Gasteiger partial charge in [0.05, 0.1) is 0 Å². The summed E-state index contributed by atoms with van der Waals surface area (Å²) in [7, 11) is 0. The zero-order valence-corrected chi connectivity index (χ0v) is 13.8. The van der Waals surface area contributed by atoms with Crippen molar-refractivity contribution in [2.75, 3.05) is 12.1 Å². The molecule has 0 atom stereocenters. The Morgan fingerprint density at radius 3 is 2.65 bits per heavy atom. The first-order valence-corrected chi connectivity index (χ1v) is 7.89. The molecule has 1 amide bonds. The van der Waals surface area contributed by atoms with Gasteiger partial charge in [-0.2, -0.15) is 0 Å². The van der Waals surface area contributed by atoms with E-state index in [9.17, 15) is 9.59 Å². The molecule has 0 spiro atoms. The van der Waals surface area contributed by atoms with E-state index in [1.54, 1.807) is 42.5 Å². The smallest absolute Gasteiger partial charge is 0.363 e. The van der Waals surface area contributed by atoms with Gasteiger partial charge >= 0.3 is 5.97 Å². The van der Waals surface area contributed by atoms with Crippen LogP contribution in [0.25, 0.3) is 6.08 Å². The number of carbonyl (C=O) groups excluding carboxylic acids is 2. The molecule has 0 saturated carbocycles. The van der Waals surface area contributed by atoms with Gasteiger partial charge in [-0.1, -0.05) is 6.07 Å². The first kappa shape index (κ1) is 15.9. The third-order valence-electron chi connectivity index (χ3n) is 3.77. The average molecular weight is 350 g/mol. The Labute approximate surface area is 148 Å². The number of hydrogen-bond donors (Lipinski definition) is 1. The second-order valence-corrected chi connectivity index (χ2v) is 5.71. The van der Waals surface area contributed by atoms with Gasteiger partial charge < -0.3 is 19.5 Å². The zero-order chi connectivity index (χ0) is 18.1. The van der Waals surface area contributed by atoms with Crippen LogP contribution in [0.2, 0.25) is 0 Å². The Kier molecular flexibility index (Phi) is 3.89. The lowest BCUT2D eigenvalue weighted by Crippen LogP contribution is -2.07. The van der Waals surface area contributed by atoms with Crippen molar-refractivity contribution < 1.29 is 23.8 Å². The summed E-state index contributed by atoms with van der Waals surface area (Å²) in [6.45, 7) is 1.62. The highest BCUT2D eigenvalue weighted by atomic mass is 16.7. The molecule has 4 rings (SSSR count). The van der Waals surface area contributed by atoms with Crippen LogP contribution in [0.3, 0.4) is 0 Å². The van der Waals surface area contributed by atoms with Crippen molar-refractivity contribution in [2.24, 2.45) is 4.99 Å². The van der Waals surface area contributed by atoms with Gasteiger partial charge in [-0.15, -0.1) is 0 Å². The van der Waals surface area contributed by atoms with E-state index in [1.807, 2.05) is 6.07 Å². The molecule has 7 nitrogen and oxygen atoms in total. The highest BCUT2D eigenvalue weighted by Crippen LogP contribution is 2.33. The summed E-state index contributed by atoms with van der Waals surface area (Å²) in [6.07, 6.45) is 1.63. The second kappa shape index (κ2) is 6.36. The van der Waals surface area contributed by atoms with Crippen molar-refractivity contribution >= 4 is 29.5 Å². The van der Waals surface area contributed by atoms with Crippen molar-refractivity contribution in [1.29, 1.82) is 0 Å². The number of aliphatic imine (C=N–C) groups is 1. The van der Waals surface area contributed by atoms with Gasteiger partial charge in [0.2, 0.25) is 18.6 Å². The largest absolute Gasteiger partial charge is 0.454 e. The van der Waals surface area contributed by atoms with Gasteiger partial charge in [-0.3, -0.25) is 4.79 Å². The number of hydrogen-bond acceptors (Lipinski definition) is 6. The molecule has 1 N–H and O–H groups in total. The maximum atomic E-state index is 12.1. The number of cyclic esters (lactones) is 1. The molecule has 26 heavy (non-hydrogen) atoms. The fourth-order valence-corrected chi connectivity index (χ4v) is 2.59. The minimum Gasteiger partial charge on any atom is -0.454 e. The molecule has 0 aromatic heterocycles. The molecular weight excluding hydrogens is 336 g/mol. The maximum absolute atomic E-state index is 12.1. The molecule has 0 saturated heterocycles. The van der Waals surface area contributed by atoms with Crippen molar-refractivity contribution in [2.45, 2.75) is 6.92 Å². The number of benzene rings is 2. The van der Waals surface area contributed by atoms with Crippen molar-refractivity contribution in [1.82, 2.24) is 0 Å². The lowest BCUT2D eigenvalue weighted by Gasteiger charge is -2.03. The number of carbonyl (C=O) groups is 2. The summed E-state index contributed by atoms with van der Waals surface area (Å²) in [5, 5.41) is 2.67. The van der Waals surface area contributed by atoms with E-state index >= 15 is 0 Å². The number of nitrogens with one attached hydrogen (secondary N) is 1. The lowest BCUT2D eigenvalue weighted by atomic mass is 10.1. The third-order valence-corrected chi connectivity index (χ3v) is 3.77. The zero-order valence-electron chi connectivity index (χ0n) is 13.8. The van der Waals surface area contributed by atoms with E-state index in [0.717, 1.165) is 5.56 Å². The summed E-state index contributed by atoms with van der Waals surface area (Å²) in [5.41, 5.74) is 2.25. The van der Waals surface area contributed by atoms with E-state index in [4.69, 9.17) is 14.2 Å². The normalized spacial score (nSPS) is 16.4. The predicted molar refractivity (Wildman–Crippen MR) is 93.9 cm³/mol. The van der Waals surface area contributed by atoms with Crippen LogP contribution >= 0.6 is 0 Å². The van der Waals surface area contributed by atoms with E-state index in [-0.39, 0.29) is 24.3 Å². The highest BCUT2D eigenvalue weighted by molar-refractivity contribution is 6.13. The Bertz CT molecular complexity index is 960. The molecule has 0 fully saturated rings. The molecule has 0 radical (unpaired) electrons. The fourth-order valence-electron chi connectivity index (χ4n) is 2.59. The summed E-state index contributed by atoms with van der Waals surface area (Å²) >= 11 is 0. The molecule has 2 aromatic carbocycles. The third kappa shape index (κ3) is 3.14. The van der Waals surface area contributed by atoms with Crippen molar-refractivity contribution in [3.05, 3.63) is 59.3 Å². The van der Waals surface area contributed by atoms with Crippen LogP contribution in [0.5, 0.6) is 11.5 Å². The van der Waals surface area contributed by atoms with E-state index in [2.05, 4.69) is 10.3 Å². The molecular formula is C19H14N2O5. The summed E-state index contributed by atoms with van der Waals surface area (Å²) in [6, 6.07) is 12.2. The number of amides is 1. The van der Waals surface area contributed by atoms with Crippen LogP contribution in [-0.2, 0) is 14.3 Å². The molecule has 2 aromatic rings. The van der Waals surface area contributed by atoms with Crippen LogP contribution in [0, 0.1) is 0 Å². The van der Waals surface area contributed by atoms with Gasteiger partial charge in [0.15, 0.2) is 17.2 Å². The van der Waals surface area contributed by atoms with Crippen molar-refractivity contribution in [3.8, 4) is 11.5 Å².